The first-order valence-electron chi connectivity index (χ1n) is 4.57. The molecular formula is C9H7N3O5. The second-order valence-electron chi connectivity index (χ2n) is 3.29. The van der Waals surface area contributed by atoms with Gasteiger partial charge < -0.3 is 4.42 Å². The Morgan fingerprint density at radius 3 is 2.82 bits per heavy atom. The molecule has 2 rings (SSSR count). The molecule has 0 saturated carbocycles. The minimum atomic E-state index is -1.01. The summed E-state index contributed by atoms with van der Waals surface area (Å²) in [5, 5.41) is 10.5. The summed E-state index contributed by atoms with van der Waals surface area (Å²) in [6, 6.07) is 1.61. The van der Waals surface area contributed by atoms with Gasteiger partial charge in [0.25, 0.3) is 0 Å². The number of nitrogens with one attached hydrogen (secondary N) is 1. The van der Waals surface area contributed by atoms with Crippen molar-refractivity contribution in [2.75, 3.05) is 0 Å². The average Bonchev–Trinajstić information content (AvgIpc) is 2.74. The van der Waals surface area contributed by atoms with E-state index in [1.54, 1.807) is 6.07 Å². The molecule has 0 amide bonds. The van der Waals surface area contributed by atoms with Crippen LogP contribution in [0.2, 0.25) is 0 Å². The van der Waals surface area contributed by atoms with E-state index in [9.17, 15) is 19.7 Å². The molecule has 8 heteroatoms. The molecule has 0 fully saturated rings. The van der Waals surface area contributed by atoms with Crippen molar-refractivity contribution in [1.29, 1.82) is 0 Å². The van der Waals surface area contributed by atoms with E-state index in [0.29, 0.717) is 5.56 Å². The van der Waals surface area contributed by atoms with Crippen molar-refractivity contribution in [3.05, 3.63) is 61.3 Å². The third-order valence-corrected chi connectivity index (χ3v) is 2.12. The maximum atomic E-state index is 11.4. The molecule has 2 heterocycles. The number of nitro groups is 1. The topological polar surface area (TPSA) is 111 Å². The van der Waals surface area contributed by atoms with Gasteiger partial charge in [0.1, 0.15) is 0 Å². The van der Waals surface area contributed by atoms with Gasteiger partial charge in [-0.3, -0.25) is 24.5 Å². The van der Waals surface area contributed by atoms with Crippen LogP contribution in [0.1, 0.15) is 5.56 Å². The smallest absolute Gasteiger partial charge is 0.350 e. The summed E-state index contributed by atoms with van der Waals surface area (Å²) in [6.45, 7) is 0.0902. The maximum Gasteiger partial charge on any atom is 0.350 e. The Bertz CT molecular complexity index is 652. The van der Waals surface area contributed by atoms with E-state index < -0.39 is 21.9 Å². The van der Waals surface area contributed by atoms with Crippen LogP contribution in [-0.2, 0) is 6.54 Å². The van der Waals surface area contributed by atoms with Crippen molar-refractivity contribution in [3.63, 3.8) is 0 Å². The van der Waals surface area contributed by atoms with Gasteiger partial charge in [-0.15, -0.1) is 0 Å². The van der Waals surface area contributed by atoms with Crippen molar-refractivity contribution >= 4 is 5.69 Å². The SMILES string of the molecule is O=c1[nH]c(=O)n(Cc2ccoc2)cc1[N+](=O)[O-]. The molecule has 0 saturated heterocycles. The second kappa shape index (κ2) is 4.08. The number of hydrogen-bond acceptors (Lipinski definition) is 5. The molecule has 0 aliphatic heterocycles. The summed E-state index contributed by atoms with van der Waals surface area (Å²) in [5.41, 5.74) is -1.73. The zero-order valence-electron chi connectivity index (χ0n) is 8.45. The Morgan fingerprint density at radius 2 is 2.24 bits per heavy atom. The second-order valence-corrected chi connectivity index (χ2v) is 3.29. The lowest BCUT2D eigenvalue weighted by atomic mass is 10.3. The zero-order chi connectivity index (χ0) is 12.4. The van der Waals surface area contributed by atoms with Gasteiger partial charge in [0.2, 0.25) is 0 Å². The van der Waals surface area contributed by atoms with Crippen LogP contribution < -0.4 is 11.2 Å². The molecule has 0 aromatic carbocycles. The summed E-state index contributed by atoms with van der Waals surface area (Å²) in [7, 11) is 0. The first-order chi connectivity index (χ1) is 8.08. The van der Waals surface area contributed by atoms with Crippen LogP contribution in [0.15, 0.2) is 38.8 Å². The molecule has 17 heavy (non-hydrogen) atoms. The normalized spacial score (nSPS) is 10.4. The summed E-state index contributed by atoms with van der Waals surface area (Å²) in [4.78, 5) is 34.1. The van der Waals surface area contributed by atoms with Gasteiger partial charge in [0.05, 0.1) is 30.2 Å². The highest BCUT2D eigenvalue weighted by atomic mass is 16.6. The number of H-pyrrole nitrogens is 1. The van der Waals surface area contributed by atoms with Crippen molar-refractivity contribution in [2.45, 2.75) is 6.54 Å². The van der Waals surface area contributed by atoms with Crippen molar-refractivity contribution in [2.24, 2.45) is 0 Å². The molecule has 0 aliphatic rings. The fraction of sp³-hybridized carbons (Fsp3) is 0.111. The lowest BCUT2D eigenvalue weighted by molar-refractivity contribution is -0.386. The van der Waals surface area contributed by atoms with Gasteiger partial charge in [-0.1, -0.05) is 0 Å². The summed E-state index contributed by atoms with van der Waals surface area (Å²) < 4.78 is 5.84. The third-order valence-electron chi connectivity index (χ3n) is 2.12. The van der Waals surface area contributed by atoms with E-state index in [2.05, 4.69) is 0 Å². The summed E-state index contributed by atoms with van der Waals surface area (Å²) in [5.74, 6) is 0. The summed E-state index contributed by atoms with van der Waals surface area (Å²) >= 11 is 0. The number of rotatable bonds is 3. The van der Waals surface area contributed by atoms with E-state index in [0.717, 1.165) is 10.8 Å². The molecular weight excluding hydrogens is 230 g/mol. The Morgan fingerprint density at radius 1 is 1.47 bits per heavy atom. The maximum absolute atomic E-state index is 11.4. The molecule has 0 aliphatic carbocycles. The number of hydrogen-bond donors (Lipinski definition) is 1. The van der Waals surface area contributed by atoms with Crippen molar-refractivity contribution in [3.8, 4) is 0 Å². The molecule has 0 bridgehead atoms. The van der Waals surface area contributed by atoms with Crippen LogP contribution in [-0.4, -0.2) is 14.5 Å². The zero-order valence-corrected chi connectivity index (χ0v) is 8.45. The molecule has 2 aromatic heterocycles. The standard InChI is InChI=1S/C9H7N3O5/c13-8-7(12(15)16)4-11(9(14)10-8)3-6-1-2-17-5-6/h1-2,4-5H,3H2,(H,10,13,14). The Hall–Kier alpha value is -2.64. The molecule has 1 N–H and O–H groups in total. The molecule has 2 aromatic rings. The van der Waals surface area contributed by atoms with Crippen LogP contribution in [0.5, 0.6) is 0 Å². The quantitative estimate of drug-likeness (QED) is 0.600. The minimum Gasteiger partial charge on any atom is -0.472 e. The van der Waals surface area contributed by atoms with Gasteiger partial charge in [0.15, 0.2) is 0 Å². The van der Waals surface area contributed by atoms with Crippen molar-refractivity contribution in [1.82, 2.24) is 9.55 Å². The predicted octanol–water partition coefficient (Wildman–Crippen LogP) is 0.0861. The van der Waals surface area contributed by atoms with Gasteiger partial charge in [0, 0.05) is 5.56 Å². The number of furan rings is 1. The van der Waals surface area contributed by atoms with Crippen LogP contribution in [0.25, 0.3) is 0 Å². The lowest BCUT2D eigenvalue weighted by Crippen LogP contribution is -2.30. The van der Waals surface area contributed by atoms with E-state index >= 15 is 0 Å². The Balaban J connectivity index is 2.47. The summed E-state index contributed by atoms with van der Waals surface area (Å²) in [6.07, 6.45) is 3.73. The van der Waals surface area contributed by atoms with Gasteiger partial charge in [-0.2, -0.15) is 0 Å². The minimum absolute atomic E-state index is 0.0902. The first kappa shape index (κ1) is 10.9. The molecule has 0 atom stereocenters. The van der Waals surface area contributed by atoms with Gasteiger partial charge >= 0.3 is 16.9 Å². The molecule has 0 unspecified atom stereocenters. The highest BCUT2D eigenvalue weighted by Gasteiger charge is 2.14. The largest absolute Gasteiger partial charge is 0.472 e. The monoisotopic (exact) mass is 237 g/mol. The average molecular weight is 237 g/mol. The molecule has 0 radical (unpaired) electrons. The molecule has 8 nitrogen and oxygen atoms in total. The number of nitrogens with zero attached hydrogens (tertiary/aromatic N) is 2. The lowest BCUT2D eigenvalue weighted by Gasteiger charge is -2.01. The van der Waals surface area contributed by atoms with E-state index in [1.165, 1.54) is 12.5 Å². The van der Waals surface area contributed by atoms with Crippen LogP contribution in [0.3, 0.4) is 0 Å². The van der Waals surface area contributed by atoms with Crippen molar-refractivity contribution < 1.29 is 9.34 Å². The molecule has 88 valence electrons. The Labute approximate surface area is 93.3 Å². The van der Waals surface area contributed by atoms with Gasteiger partial charge in [-0.05, 0) is 6.07 Å². The third kappa shape index (κ3) is 2.14. The van der Waals surface area contributed by atoms with E-state index in [1.807, 2.05) is 4.98 Å². The highest BCUT2D eigenvalue weighted by Crippen LogP contribution is 2.04. The fourth-order valence-electron chi connectivity index (χ4n) is 1.32. The number of aromatic amines is 1. The van der Waals surface area contributed by atoms with Gasteiger partial charge in [-0.25, -0.2) is 4.79 Å². The van der Waals surface area contributed by atoms with E-state index in [4.69, 9.17) is 4.42 Å². The fourth-order valence-corrected chi connectivity index (χ4v) is 1.32. The highest BCUT2D eigenvalue weighted by molar-refractivity contribution is 5.21. The van der Waals surface area contributed by atoms with E-state index in [-0.39, 0.29) is 6.54 Å². The molecule has 0 spiro atoms. The number of aromatic nitrogens is 2. The van der Waals surface area contributed by atoms with Crippen LogP contribution in [0, 0.1) is 10.1 Å². The Kier molecular flexibility index (Phi) is 2.61. The van der Waals surface area contributed by atoms with Crippen LogP contribution in [0.4, 0.5) is 5.69 Å². The first-order valence-corrected chi connectivity index (χ1v) is 4.57. The van der Waals surface area contributed by atoms with Crippen LogP contribution >= 0.6 is 0 Å². The predicted molar refractivity (Wildman–Crippen MR) is 55.8 cm³/mol.